The number of hydroxylamine groups is 4. The van der Waals surface area contributed by atoms with Crippen LogP contribution in [0.2, 0.25) is 0 Å². The molecule has 0 bridgehead atoms. The number of methoxy groups -OCH3 is 1. The van der Waals surface area contributed by atoms with E-state index in [1.165, 1.54) is 32.2 Å². The van der Waals surface area contributed by atoms with Gasteiger partial charge in [0.2, 0.25) is 0 Å². The van der Waals surface area contributed by atoms with Gasteiger partial charge in [-0.25, -0.2) is 4.79 Å². The van der Waals surface area contributed by atoms with Crippen LogP contribution >= 0.6 is 0 Å². The number of rotatable bonds is 4. The molecule has 8 nitrogen and oxygen atoms in total. The highest BCUT2D eigenvalue weighted by atomic mass is 16.6. The van der Waals surface area contributed by atoms with Crippen molar-refractivity contribution >= 4 is 5.97 Å². The molecule has 1 saturated heterocycles. The van der Waals surface area contributed by atoms with E-state index in [4.69, 9.17) is 4.74 Å². The van der Waals surface area contributed by atoms with Crippen molar-refractivity contribution in [2.24, 2.45) is 0 Å². The first-order valence-corrected chi connectivity index (χ1v) is 7.84. The summed E-state index contributed by atoms with van der Waals surface area (Å²) in [6.45, 7) is 8.15. The van der Waals surface area contributed by atoms with Gasteiger partial charge in [0.25, 0.3) is 0 Å². The summed E-state index contributed by atoms with van der Waals surface area (Å²) >= 11 is 0. The third kappa shape index (κ3) is 3.06. The van der Waals surface area contributed by atoms with E-state index >= 15 is 0 Å². The fourth-order valence-corrected chi connectivity index (χ4v) is 2.51. The molecule has 1 radical (unpaired) electrons. The van der Waals surface area contributed by atoms with Gasteiger partial charge < -0.3 is 35.1 Å². The molecule has 0 aromatic heterocycles. The molecular formula is C17H23N2O6-2. The maximum atomic E-state index is 12.7. The number of hydrogen-bond donors (Lipinski definition) is 1. The predicted octanol–water partition coefficient (Wildman–Crippen LogP) is 2.34. The predicted molar refractivity (Wildman–Crippen MR) is 91.1 cm³/mol. The van der Waals surface area contributed by atoms with E-state index in [0.717, 1.165) is 0 Å². The molecule has 1 heterocycles. The van der Waals surface area contributed by atoms with Crippen LogP contribution in [-0.2, 0) is 9.53 Å². The van der Waals surface area contributed by atoms with Crippen LogP contribution in [0.1, 0.15) is 40.2 Å². The van der Waals surface area contributed by atoms with Crippen molar-refractivity contribution in [1.29, 1.82) is 0 Å². The minimum atomic E-state index is -1.01. The molecule has 0 saturated carbocycles. The Balaban J connectivity index is 2.40. The number of ether oxygens (including phenoxy) is 2. The number of phenolic OH excluding ortho intramolecular Hbond substituents is 1. The third-order valence-corrected chi connectivity index (χ3v) is 4.95. The lowest BCUT2D eigenvalue weighted by molar-refractivity contribution is -0.147. The molecule has 0 unspecified atom stereocenters. The number of benzene rings is 1. The second-order valence-corrected chi connectivity index (χ2v) is 6.99. The molecule has 0 spiro atoms. The molecule has 139 valence electrons. The summed E-state index contributed by atoms with van der Waals surface area (Å²) in [5, 5.41) is 36.8. The zero-order chi connectivity index (χ0) is 19.2. The van der Waals surface area contributed by atoms with E-state index in [9.17, 15) is 20.3 Å². The minimum absolute atomic E-state index is 0.0400. The molecule has 2 rings (SSSR count). The van der Waals surface area contributed by atoms with Crippen molar-refractivity contribution in [3.05, 3.63) is 40.3 Å². The third-order valence-electron chi connectivity index (χ3n) is 4.95. The molecule has 1 N–H and O–H groups in total. The smallest absolute Gasteiger partial charge is 0.346 e. The fourth-order valence-electron chi connectivity index (χ4n) is 2.51. The van der Waals surface area contributed by atoms with E-state index in [1.807, 2.05) is 0 Å². The highest BCUT2D eigenvalue weighted by Crippen LogP contribution is 2.49. The first-order chi connectivity index (χ1) is 11.4. The Morgan fingerprint density at radius 2 is 1.68 bits per heavy atom. The molecule has 1 aromatic rings. The van der Waals surface area contributed by atoms with E-state index < -0.39 is 23.2 Å². The Labute approximate surface area is 147 Å². The lowest BCUT2D eigenvalue weighted by Crippen LogP contribution is -2.51. The summed E-state index contributed by atoms with van der Waals surface area (Å²) in [5.74, 6) is -0.577. The number of nitrogens with zero attached hydrogens (tertiary/aromatic N) is 2. The highest BCUT2D eigenvalue weighted by molar-refractivity contribution is 5.74. The highest BCUT2D eigenvalue weighted by Gasteiger charge is 2.51. The van der Waals surface area contributed by atoms with Crippen LogP contribution in [0.5, 0.6) is 11.5 Å². The Morgan fingerprint density at radius 3 is 2.16 bits per heavy atom. The summed E-state index contributed by atoms with van der Waals surface area (Å²) in [5.41, 5.74) is -1.97. The van der Waals surface area contributed by atoms with Crippen molar-refractivity contribution in [2.45, 2.75) is 51.8 Å². The SMILES string of the molecule is COC(=O)[C@@H](C)Oc1ccc(O)c([C]2N([O-])C(C)(C)C(C)(C)N2[O-])c1. The average Bonchev–Trinajstić information content (AvgIpc) is 2.66. The maximum absolute atomic E-state index is 12.7. The lowest BCUT2D eigenvalue weighted by atomic mass is 9.84. The summed E-state index contributed by atoms with van der Waals surface area (Å²) in [6.07, 6.45) is -1.08. The molecule has 1 aliphatic rings. The number of esters is 1. The van der Waals surface area contributed by atoms with Gasteiger partial charge in [0.15, 0.2) is 6.10 Å². The molecule has 0 aliphatic carbocycles. The Hall–Kier alpha value is -1.87. The second kappa shape index (κ2) is 6.45. The molecule has 8 heteroatoms. The van der Waals surface area contributed by atoms with Crippen molar-refractivity contribution in [3.63, 3.8) is 0 Å². The zero-order valence-electron chi connectivity index (χ0n) is 15.2. The van der Waals surface area contributed by atoms with Crippen molar-refractivity contribution in [1.82, 2.24) is 10.1 Å². The van der Waals surface area contributed by atoms with Crippen molar-refractivity contribution in [3.8, 4) is 11.5 Å². The number of carbonyl (C=O) groups is 1. The molecule has 0 amide bonds. The molecule has 25 heavy (non-hydrogen) atoms. The van der Waals surface area contributed by atoms with Crippen LogP contribution in [-0.4, -0.2) is 45.5 Å². The van der Waals surface area contributed by atoms with Gasteiger partial charge in [-0.2, -0.15) is 0 Å². The van der Waals surface area contributed by atoms with Crippen LogP contribution in [0.25, 0.3) is 0 Å². The van der Waals surface area contributed by atoms with Crippen molar-refractivity contribution in [2.75, 3.05) is 7.11 Å². The van der Waals surface area contributed by atoms with Gasteiger partial charge in [0.1, 0.15) is 17.7 Å². The lowest BCUT2D eigenvalue weighted by Gasteiger charge is -2.46. The first-order valence-electron chi connectivity index (χ1n) is 7.84. The molecule has 1 aromatic carbocycles. The van der Waals surface area contributed by atoms with Crippen LogP contribution in [0, 0.1) is 16.6 Å². The van der Waals surface area contributed by atoms with Crippen LogP contribution in [0.15, 0.2) is 18.2 Å². The molecule has 1 aliphatic heterocycles. The number of phenols is 1. The van der Waals surface area contributed by atoms with Gasteiger partial charge in [-0.1, -0.05) is 0 Å². The molecule has 1 atom stereocenters. The summed E-state index contributed by atoms with van der Waals surface area (Å²) in [6, 6.07) is 4.10. The first kappa shape index (κ1) is 19.5. The van der Waals surface area contributed by atoms with Gasteiger partial charge in [0, 0.05) is 16.6 Å². The Kier molecular flexibility index (Phi) is 5.02. The minimum Gasteiger partial charge on any atom is -0.783 e. The van der Waals surface area contributed by atoms with Gasteiger partial charge in [-0.3, -0.25) is 0 Å². The van der Waals surface area contributed by atoms with Crippen molar-refractivity contribution < 1.29 is 19.4 Å². The number of aromatic hydroxyl groups is 1. The van der Waals surface area contributed by atoms with E-state index in [2.05, 4.69) is 4.74 Å². The monoisotopic (exact) mass is 351 g/mol. The fraction of sp³-hybridized carbons (Fsp3) is 0.529. The maximum Gasteiger partial charge on any atom is 0.346 e. The number of carbonyl (C=O) groups excluding carboxylic acids is 1. The van der Waals surface area contributed by atoms with Gasteiger partial charge >= 0.3 is 5.97 Å². The van der Waals surface area contributed by atoms with Crippen LogP contribution in [0.4, 0.5) is 0 Å². The molecule has 1 fully saturated rings. The normalized spacial score (nSPS) is 21.9. The van der Waals surface area contributed by atoms with E-state index in [-0.39, 0.29) is 23.2 Å². The van der Waals surface area contributed by atoms with Crippen LogP contribution in [0.3, 0.4) is 0 Å². The van der Waals surface area contributed by atoms with Gasteiger partial charge in [0.05, 0.1) is 7.11 Å². The Bertz CT molecular complexity index is 641. The second-order valence-electron chi connectivity index (χ2n) is 6.99. The zero-order valence-corrected chi connectivity index (χ0v) is 15.2. The number of hydrogen-bond acceptors (Lipinski definition) is 8. The topological polar surface area (TPSA) is 108 Å². The summed E-state index contributed by atoms with van der Waals surface area (Å²) in [4.78, 5) is 11.5. The van der Waals surface area contributed by atoms with E-state index in [0.29, 0.717) is 10.1 Å². The standard InChI is InChI=1S/C17H23N2O6/c1-10(15(21)24-6)25-11-7-8-13(20)12(9-11)14-18(22)16(2,3)17(4,5)19(14)23/h7-10,20H,1-6H3/q-2/t10-/m1/s1. The summed E-state index contributed by atoms with van der Waals surface area (Å²) in [7, 11) is 1.24. The van der Waals surface area contributed by atoms with Gasteiger partial charge in [-0.05, 0) is 52.8 Å². The van der Waals surface area contributed by atoms with Crippen LogP contribution < -0.4 is 4.74 Å². The Morgan fingerprint density at radius 1 is 1.16 bits per heavy atom. The average molecular weight is 351 g/mol. The largest absolute Gasteiger partial charge is 0.783 e. The van der Waals surface area contributed by atoms with Gasteiger partial charge in [-0.15, -0.1) is 0 Å². The quantitative estimate of drug-likeness (QED) is 0.823. The summed E-state index contributed by atoms with van der Waals surface area (Å²) < 4.78 is 10.0. The molecular weight excluding hydrogens is 328 g/mol. The van der Waals surface area contributed by atoms with E-state index in [1.54, 1.807) is 27.7 Å².